The zero-order valence-corrected chi connectivity index (χ0v) is 14.4. The van der Waals surface area contributed by atoms with Crippen molar-refractivity contribution in [2.75, 3.05) is 23.4 Å². The van der Waals surface area contributed by atoms with Crippen LogP contribution in [0, 0.1) is 23.4 Å². The molecule has 4 nitrogen and oxygen atoms in total. The van der Waals surface area contributed by atoms with Crippen molar-refractivity contribution in [3.63, 3.8) is 0 Å². The normalized spacial score (nSPS) is 16.9. The summed E-state index contributed by atoms with van der Waals surface area (Å²) >= 11 is 5.73. The molecule has 26 heavy (non-hydrogen) atoms. The Kier molecular flexibility index (Phi) is 4.91. The number of amides is 2. The first-order valence-electron chi connectivity index (χ1n) is 7.76. The third-order valence-corrected chi connectivity index (χ3v) is 4.60. The van der Waals surface area contributed by atoms with Crippen molar-refractivity contribution < 1.29 is 22.8 Å². The summed E-state index contributed by atoms with van der Waals surface area (Å²) in [4.78, 5) is 27.4. The van der Waals surface area contributed by atoms with Crippen molar-refractivity contribution in [3.05, 3.63) is 58.9 Å². The largest absolute Gasteiger partial charge is 0.315 e. The highest BCUT2D eigenvalue weighted by molar-refractivity contribution is 6.31. The van der Waals surface area contributed by atoms with Gasteiger partial charge in [0.15, 0.2) is 11.6 Å². The number of carbonyl (C=O) groups excluding carboxylic acids is 2. The van der Waals surface area contributed by atoms with Crippen LogP contribution in [-0.4, -0.2) is 25.4 Å². The lowest BCUT2D eigenvalue weighted by Gasteiger charge is -2.22. The molecule has 136 valence electrons. The van der Waals surface area contributed by atoms with Gasteiger partial charge in [-0.25, -0.2) is 13.2 Å². The zero-order valence-electron chi connectivity index (χ0n) is 13.7. The van der Waals surface area contributed by atoms with Gasteiger partial charge in [-0.15, -0.1) is 0 Å². The molecule has 0 bridgehead atoms. The second-order valence-corrected chi connectivity index (χ2v) is 6.41. The van der Waals surface area contributed by atoms with Gasteiger partial charge in [0.1, 0.15) is 5.82 Å². The van der Waals surface area contributed by atoms with Gasteiger partial charge < -0.3 is 9.80 Å². The van der Waals surface area contributed by atoms with E-state index in [-0.39, 0.29) is 35.5 Å². The number of rotatable bonds is 3. The van der Waals surface area contributed by atoms with E-state index >= 15 is 0 Å². The van der Waals surface area contributed by atoms with Crippen molar-refractivity contribution in [3.8, 4) is 0 Å². The molecule has 2 aromatic rings. The lowest BCUT2D eigenvalue weighted by Crippen LogP contribution is -2.34. The van der Waals surface area contributed by atoms with Crippen LogP contribution in [0.25, 0.3) is 0 Å². The molecule has 8 heteroatoms. The van der Waals surface area contributed by atoms with Gasteiger partial charge in [0, 0.05) is 37.5 Å². The SMILES string of the molecule is CN(C(=O)C1CC(=O)N(c2ccc(F)c(F)c2)C1)c1ccc(F)c(Cl)c1. The fourth-order valence-corrected chi connectivity index (χ4v) is 3.05. The molecule has 1 atom stereocenters. The van der Waals surface area contributed by atoms with E-state index < -0.39 is 23.4 Å². The predicted octanol–water partition coefficient (Wildman–Crippen LogP) is 3.77. The van der Waals surface area contributed by atoms with Crippen LogP contribution in [0.15, 0.2) is 36.4 Å². The highest BCUT2D eigenvalue weighted by Crippen LogP contribution is 2.29. The maximum absolute atomic E-state index is 13.4. The first kappa shape index (κ1) is 18.3. The molecule has 1 aliphatic rings. The van der Waals surface area contributed by atoms with Crippen LogP contribution in [0.3, 0.4) is 0 Å². The van der Waals surface area contributed by atoms with Crippen LogP contribution in [0.5, 0.6) is 0 Å². The van der Waals surface area contributed by atoms with E-state index in [0.29, 0.717) is 5.69 Å². The second-order valence-electron chi connectivity index (χ2n) is 6.00. The van der Waals surface area contributed by atoms with Crippen LogP contribution < -0.4 is 9.80 Å². The molecule has 1 aliphatic heterocycles. The second kappa shape index (κ2) is 6.99. The number of anilines is 2. The molecule has 0 aromatic heterocycles. The maximum atomic E-state index is 13.4. The minimum Gasteiger partial charge on any atom is -0.315 e. The van der Waals surface area contributed by atoms with Crippen molar-refractivity contribution >= 4 is 34.8 Å². The number of nitrogens with zero attached hydrogens (tertiary/aromatic N) is 2. The Morgan fingerprint density at radius 3 is 2.46 bits per heavy atom. The molecule has 1 unspecified atom stereocenters. The lowest BCUT2D eigenvalue weighted by atomic mass is 10.1. The van der Waals surface area contributed by atoms with Gasteiger partial charge in [-0.3, -0.25) is 9.59 Å². The van der Waals surface area contributed by atoms with Gasteiger partial charge in [-0.1, -0.05) is 11.6 Å². The quantitative estimate of drug-likeness (QED) is 0.810. The molecule has 0 spiro atoms. The Balaban J connectivity index is 1.77. The summed E-state index contributed by atoms with van der Waals surface area (Å²) in [5.74, 6) is -4.06. The molecule has 0 N–H and O–H groups in total. The molecular formula is C18H14ClF3N2O2. The van der Waals surface area contributed by atoms with Crippen LogP contribution in [0.2, 0.25) is 5.02 Å². The summed E-state index contributed by atoms with van der Waals surface area (Å²) in [5, 5.41) is -0.118. The van der Waals surface area contributed by atoms with E-state index in [4.69, 9.17) is 11.6 Å². The fraction of sp³-hybridized carbons (Fsp3) is 0.222. The average Bonchev–Trinajstić information content (AvgIpc) is 3.00. The van der Waals surface area contributed by atoms with E-state index in [1.165, 1.54) is 35.0 Å². The number of benzene rings is 2. The minimum absolute atomic E-state index is 0.0437. The summed E-state index contributed by atoms with van der Waals surface area (Å²) in [7, 11) is 1.50. The predicted molar refractivity (Wildman–Crippen MR) is 91.6 cm³/mol. The lowest BCUT2D eigenvalue weighted by molar-refractivity contribution is -0.124. The van der Waals surface area contributed by atoms with E-state index in [9.17, 15) is 22.8 Å². The molecule has 0 aliphatic carbocycles. The Morgan fingerprint density at radius 2 is 1.81 bits per heavy atom. The third kappa shape index (κ3) is 3.39. The summed E-state index contributed by atoms with van der Waals surface area (Å²) in [6.07, 6.45) is -0.0584. The molecule has 1 fully saturated rings. The van der Waals surface area contributed by atoms with Gasteiger partial charge in [0.05, 0.1) is 10.9 Å². The smallest absolute Gasteiger partial charge is 0.232 e. The zero-order chi connectivity index (χ0) is 19.0. The van der Waals surface area contributed by atoms with Crippen LogP contribution >= 0.6 is 11.6 Å². The summed E-state index contributed by atoms with van der Waals surface area (Å²) in [6.45, 7) is 0.0437. The Bertz CT molecular complexity index is 891. The molecule has 0 radical (unpaired) electrons. The number of carbonyl (C=O) groups is 2. The maximum Gasteiger partial charge on any atom is 0.232 e. The highest BCUT2D eigenvalue weighted by Gasteiger charge is 2.37. The van der Waals surface area contributed by atoms with E-state index in [1.54, 1.807) is 0 Å². The number of hydrogen-bond acceptors (Lipinski definition) is 2. The molecule has 1 heterocycles. The molecule has 2 aromatic carbocycles. The monoisotopic (exact) mass is 382 g/mol. The van der Waals surface area contributed by atoms with Crippen LogP contribution in [0.4, 0.5) is 24.5 Å². The van der Waals surface area contributed by atoms with Gasteiger partial charge in [0.25, 0.3) is 0 Å². The standard InChI is InChI=1S/C18H14ClF3N2O2/c1-23(11-2-4-14(20)13(19)7-11)18(26)10-6-17(25)24(9-10)12-3-5-15(21)16(22)8-12/h2-5,7-8,10H,6,9H2,1H3. The fourth-order valence-electron chi connectivity index (χ4n) is 2.87. The van der Waals surface area contributed by atoms with Gasteiger partial charge in [0.2, 0.25) is 11.8 Å². The molecule has 0 saturated carbocycles. The third-order valence-electron chi connectivity index (χ3n) is 4.31. The molecule has 1 saturated heterocycles. The summed E-state index contributed by atoms with van der Waals surface area (Å²) < 4.78 is 39.7. The highest BCUT2D eigenvalue weighted by atomic mass is 35.5. The first-order valence-corrected chi connectivity index (χ1v) is 8.13. The minimum atomic E-state index is -1.07. The average molecular weight is 383 g/mol. The number of hydrogen-bond donors (Lipinski definition) is 0. The van der Waals surface area contributed by atoms with Crippen molar-refractivity contribution in [1.82, 2.24) is 0 Å². The molecule has 2 amide bonds. The van der Waals surface area contributed by atoms with Gasteiger partial charge in [-0.2, -0.15) is 0 Å². The summed E-state index contributed by atoms with van der Waals surface area (Å²) in [5.41, 5.74) is 0.580. The Morgan fingerprint density at radius 1 is 1.12 bits per heavy atom. The van der Waals surface area contributed by atoms with Crippen LogP contribution in [-0.2, 0) is 9.59 Å². The van der Waals surface area contributed by atoms with Gasteiger partial charge >= 0.3 is 0 Å². The Labute approximate surface area is 152 Å². The van der Waals surface area contributed by atoms with Crippen molar-refractivity contribution in [2.24, 2.45) is 5.92 Å². The van der Waals surface area contributed by atoms with Crippen molar-refractivity contribution in [1.29, 1.82) is 0 Å². The molecule has 3 rings (SSSR count). The molecular weight excluding hydrogens is 369 g/mol. The Hall–Kier alpha value is -2.54. The van der Waals surface area contributed by atoms with Gasteiger partial charge in [-0.05, 0) is 30.3 Å². The van der Waals surface area contributed by atoms with E-state index in [2.05, 4.69) is 0 Å². The van der Waals surface area contributed by atoms with Crippen LogP contribution in [0.1, 0.15) is 6.42 Å². The van der Waals surface area contributed by atoms with E-state index in [0.717, 1.165) is 18.2 Å². The summed E-state index contributed by atoms with van der Waals surface area (Å²) in [6, 6.07) is 7.01. The number of halogens is 4. The first-order chi connectivity index (χ1) is 12.3. The van der Waals surface area contributed by atoms with E-state index in [1.807, 2.05) is 0 Å². The topological polar surface area (TPSA) is 40.6 Å². The van der Waals surface area contributed by atoms with Crippen molar-refractivity contribution in [2.45, 2.75) is 6.42 Å².